The zero-order valence-corrected chi connectivity index (χ0v) is 18.8. The fourth-order valence-electron chi connectivity index (χ4n) is 3.19. The number of sulfonamides is 1. The number of rotatable bonds is 6. The van der Waals surface area contributed by atoms with Crippen LogP contribution < -0.4 is 5.32 Å². The average molecular weight is 451 g/mol. The molecule has 2 amide bonds. The molecule has 1 aliphatic rings. The molecule has 0 atom stereocenters. The van der Waals surface area contributed by atoms with Gasteiger partial charge in [0.05, 0.1) is 17.1 Å². The van der Waals surface area contributed by atoms with E-state index in [2.05, 4.69) is 10.3 Å². The van der Waals surface area contributed by atoms with Gasteiger partial charge in [0, 0.05) is 38.0 Å². The average Bonchev–Trinajstić information content (AvgIpc) is 3.16. The molecule has 2 heterocycles. The number of thiazole rings is 1. The van der Waals surface area contributed by atoms with E-state index in [1.807, 2.05) is 0 Å². The van der Waals surface area contributed by atoms with Crippen LogP contribution in [0.25, 0.3) is 11.3 Å². The normalized spacial score (nSPS) is 15.7. The molecular formula is C20H26N4O4S2. The number of anilines is 1. The SMILES string of the molecule is CN(C)S(=O)(=O)c1ccc(-c2csc(NC(=O)CN3CCCCCCC3=O)n2)cc1. The van der Waals surface area contributed by atoms with Gasteiger partial charge in [-0.3, -0.25) is 9.59 Å². The maximum atomic E-state index is 12.4. The van der Waals surface area contributed by atoms with Crippen molar-refractivity contribution in [1.29, 1.82) is 0 Å². The Labute approximate surface area is 181 Å². The maximum absolute atomic E-state index is 12.4. The fraction of sp³-hybridized carbons (Fsp3) is 0.450. The number of likely N-dealkylation sites (tertiary alicyclic amines) is 1. The van der Waals surface area contributed by atoms with Crippen molar-refractivity contribution in [1.82, 2.24) is 14.2 Å². The number of hydrogen-bond acceptors (Lipinski definition) is 6. The Morgan fingerprint density at radius 1 is 1.17 bits per heavy atom. The van der Waals surface area contributed by atoms with Crippen LogP contribution in [0.3, 0.4) is 0 Å². The summed E-state index contributed by atoms with van der Waals surface area (Å²) >= 11 is 1.28. The lowest BCUT2D eigenvalue weighted by molar-refractivity contribution is -0.135. The van der Waals surface area contributed by atoms with Gasteiger partial charge in [-0.25, -0.2) is 17.7 Å². The molecule has 3 rings (SSSR count). The summed E-state index contributed by atoms with van der Waals surface area (Å²) in [5.41, 5.74) is 1.40. The molecule has 8 nitrogen and oxygen atoms in total. The Morgan fingerprint density at radius 3 is 2.57 bits per heavy atom. The first-order chi connectivity index (χ1) is 14.3. The molecule has 2 aromatic rings. The van der Waals surface area contributed by atoms with Crippen molar-refractivity contribution in [3.05, 3.63) is 29.6 Å². The molecule has 162 valence electrons. The van der Waals surface area contributed by atoms with Crippen molar-refractivity contribution < 1.29 is 18.0 Å². The van der Waals surface area contributed by atoms with Crippen molar-refractivity contribution in [2.24, 2.45) is 0 Å². The second-order valence-corrected chi connectivity index (χ2v) is 10.4. The Morgan fingerprint density at radius 2 is 1.87 bits per heavy atom. The van der Waals surface area contributed by atoms with Gasteiger partial charge >= 0.3 is 0 Å². The van der Waals surface area contributed by atoms with E-state index in [1.54, 1.807) is 22.4 Å². The van der Waals surface area contributed by atoms with Crippen molar-refractivity contribution >= 4 is 38.3 Å². The summed E-state index contributed by atoms with van der Waals surface area (Å²) in [5, 5.41) is 5.00. The predicted octanol–water partition coefficient (Wildman–Crippen LogP) is 2.79. The van der Waals surface area contributed by atoms with Crippen molar-refractivity contribution in [2.75, 3.05) is 32.5 Å². The third kappa shape index (κ3) is 5.44. The van der Waals surface area contributed by atoms with Gasteiger partial charge in [-0.05, 0) is 25.0 Å². The van der Waals surface area contributed by atoms with Gasteiger partial charge in [0.15, 0.2) is 5.13 Å². The summed E-state index contributed by atoms with van der Waals surface area (Å²) in [6, 6.07) is 6.46. The van der Waals surface area contributed by atoms with Crippen molar-refractivity contribution in [3.63, 3.8) is 0 Å². The molecule has 1 aliphatic heterocycles. The lowest BCUT2D eigenvalue weighted by Crippen LogP contribution is -2.39. The lowest BCUT2D eigenvalue weighted by Gasteiger charge is -2.23. The molecule has 30 heavy (non-hydrogen) atoms. The monoisotopic (exact) mass is 450 g/mol. The first-order valence-electron chi connectivity index (χ1n) is 9.83. The maximum Gasteiger partial charge on any atom is 0.245 e. The second kappa shape index (κ2) is 9.67. The highest BCUT2D eigenvalue weighted by Crippen LogP contribution is 2.26. The molecular weight excluding hydrogens is 424 g/mol. The van der Waals surface area contributed by atoms with Gasteiger partial charge in [0.1, 0.15) is 0 Å². The van der Waals surface area contributed by atoms with E-state index in [9.17, 15) is 18.0 Å². The number of amides is 2. The van der Waals surface area contributed by atoms with Crippen molar-refractivity contribution in [3.8, 4) is 11.3 Å². The molecule has 1 N–H and O–H groups in total. The van der Waals surface area contributed by atoms with Gasteiger partial charge in [0.2, 0.25) is 21.8 Å². The lowest BCUT2D eigenvalue weighted by atomic mass is 10.1. The van der Waals surface area contributed by atoms with E-state index in [0.29, 0.717) is 23.8 Å². The highest BCUT2D eigenvalue weighted by molar-refractivity contribution is 7.89. The van der Waals surface area contributed by atoms with Gasteiger partial charge in [-0.2, -0.15) is 0 Å². The van der Waals surface area contributed by atoms with Crippen LogP contribution in [0.1, 0.15) is 32.1 Å². The first kappa shape index (κ1) is 22.4. The number of hydrogen-bond donors (Lipinski definition) is 1. The molecule has 0 spiro atoms. The van der Waals surface area contributed by atoms with Crippen LogP contribution in [-0.2, 0) is 19.6 Å². The molecule has 0 unspecified atom stereocenters. The van der Waals surface area contributed by atoms with Crippen LogP contribution in [0.15, 0.2) is 34.5 Å². The summed E-state index contributed by atoms with van der Waals surface area (Å²) in [6.07, 6.45) is 4.43. The van der Waals surface area contributed by atoms with Crippen molar-refractivity contribution in [2.45, 2.75) is 37.0 Å². The molecule has 1 fully saturated rings. The quantitative estimate of drug-likeness (QED) is 0.730. The number of nitrogens with zero attached hydrogens (tertiary/aromatic N) is 3. The number of aromatic nitrogens is 1. The van der Waals surface area contributed by atoms with Crippen LogP contribution in [0.4, 0.5) is 5.13 Å². The van der Waals surface area contributed by atoms with Crippen LogP contribution in [0.2, 0.25) is 0 Å². The number of carbonyl (C=O) groups excluding carboxylic acids is 2. The fourth-order valence-corrected chi connectivity index (χ4v) is 4.82. The minimum atomic E-state index is -3.48. The zero-order valence-electron chi connectivity index (χ0n) is 17.1. The van der Waals surface area contributed by atoms with Gasteiger partial charge in [-0.1, -0.05) is 25.0 Å². The van der Waals surface area contributed by atoms with Gasteiger partial charge in [-0.15, -0.1) is 11.3 Å². The molecule has 1 aromatic heterocycles. The van der Waals surface area contributed by atoms with Crippen LogP contribution >= 0.6 is 11.3 Å². The third-order valence-corrected chi connectivity index (χ3v) is 7.52. The molecule has 0 aliphatic carbocycles. The van der Waals surface area contributed by atoms with Gasteiger partial charge < -0.3 is 10.2 Å². The number of nitrogens with one attached hydrogen (secondary N) is 1. The van der Waals surface area contributed by atoms with E-state index in [4.69, 9.17) is 0 Å². The zero-order chi connectivity index (χ0) is 21.7. The van der Waals surface area contributed by atoms with E-state index in [1.165, 1.54) is 37.6 Å². The Bertz CT molecular complexity index is 1000. The molecule has 0 saturated carbocycles. The molecule has 0 radical (unpaired) electrons. The summed E-state index contributed by atoms with van der Waals surface area (Å²) < 4.78 is 25.5. The Balaban J connectivity index is 1.63. The predicted molar refractivity (Wildman–Crippen MR) is 117 cm³/mol. The Hall–Kier alpha value is -2.30. The van der Waals surface area contributed by atoms with E-state index in [-0.39, 0.29) is 23.3 Å². The third-order valence-electron chi connectivity index (χ3n) is 4.94. The standard InChI is InChI=1S/C20H26N4O4S2/c1-23(2)30(27,28)16-10-8-15(9-11-16)17-14-29-20(21-17)22-18(25)13-24-12-6-4-3-5-7-19(24)26/h8-11,14H,3-7,12-13H2,1-2H3,(H,21,22,25). The molecule has 0 bridgehead atoms. The van der Waals surface area contributed by atoms with E-state index in [0.717, 1.165) is 35.6 Å². The smallest absolute Gasteiger partial charge is 0.245 e. The summed E-state index contributed by atoms with van der Waals surface area (Å²) in [7, 11) is -0.513. The first-order valence-corrected chi connectivity index (χ1v) is 12.2. The van der Waals surface area contributed by atoms with Crippen LogP contribution in [0, 0.1) is 0 Å². The molecule has 10 heteroatoms. The highest BCUT2D eigenvalue weighted by atomic mass is 32.2. The second-order valence-electron chi connectivity index (χ2n) is 7.38. The highest BCUT2D eigenvalue weighted by Gasteiger charge is 2.20. The number of carbonyl (C=O) groups is 2. The summed E-state index contributed by atoms with van der Waals surface area (Å²) in [6.45, 7) is 0.641. The minimum Gasteiger partial charge on any atom is -0.333 e. The van der Waals surface area contributed by atoms with E-state index < -0.39 is 10.0 Å². The number of benzene rings is 1. The van der Waals surface area contributed by atoms with Crippen LogP contribution in [-0.4, -0.2) is 61.6 Å². The van der Waals surface area contributed by atoms with Gasteiger partial charge in [0.25, 0.3) is 0 Å². The molecule has 1 saturated heterocycles. The van der Waals surface area contributed by atoms with Crippen LogP contribution in [0.5, 0.6) is 0 Å². The topological polar surface area (TPSA) is 99.7 Å². The Kier molecular flexibility index (Phi) is 7.22. The molecule has 1 aromatic carbocycles. The summed E-state index contributed by atoms with van der Waals surface area (Å²) in [5.74, 6) is -0.241. The van der Waals surface area contributed by atoms with E-state index >= 15 is 0 Å². The minimum absolute atomic E-state index is 0.0254. The summed E-state index contributed by atoms with van der Waals surface area (Å²) in [4.78, 5) is 30.8. The largest absolute Gasteiger partial charge is 0.333 e.